The first-order chi connectivity index (χ1) is 14.1. The molecule has 2 heterocycles. The average molecular weight is 396 g/mol. The number of nitrogens with zero attached hydrogens (tertiary/aromatic N) is 2. The number of hydrogen-bond acceptors (Lipinski definition) is 4. The number of hydrogen-bond donors (Lipinski definition) is 0. The van der Waals surface area contributed by atoms with Crippen molar-refractivity contribution in [2.24, 2.45) is 5.92 Å². The van der Waals surface area contributed by atoms with E-state index in [1.165, 1.54) is 12.1 Å². The molecule has 0 bridgehead atoms. The third-order valence-corrected chi connectivity index (χ3v) is 5.92. The summed E-state index contributed by atoms with van der Waals surface area (Å²) in [5.41, 5.74) is 1.18. The quantitative estimate of drug-likeness (QED) is 0.800. The molecule has 1 saturated heterocycles. The minimum Gasteiger partial charge on any atom is -0.454 e. The lowest BCUT2D eigenvalue weighted by molar-refractivity contribution is -0.134. The van der Waals surface area contributed by atoms with Crippen molar-refractivity contribution in [2.45, 2.75) is 12.3 Å². The molecule has 2 aromatic carbocycles. The Labute approximate surface area is 167 Å². The van der Waals surface area contributed by atoms with Gasteiger partial charge in [-0.05, 0) is 42.2 Å². The zero-order valence-electron chi connectivity index (χ0n) is 15.8. The summed E-state index contributed by atoms with van der Waals surface area (Å²) in [5, 5.41) is 0. The number of fused-ring (bicyclic) bond motifs is 1. The molecule has 2 aromatic rings. The maximum atomic E-state index is 13.9. The molecule has 3 aliphatic rings. The highest BCUT2D eigenvalue weighted by Crippen LogP contribution is 2.50. The standard InChI is InChI=1S/C22H21FN2O4/c23-18-4-2-1-3-15(18)21(26)24-7-9-25(10-8-24)22(27)17-12-16(17)14-5-6-19-20(11-14)29-13-28-19/h1-6,11,16-17H,7-10,12-13H2/t16-,17-/m0/s1. The molecule has 0 aromatic heterocycles. The maximum absolute atomic E-state index is 13.9. The Morgan fingerprint density at radius 1 is 0.931 bits per heavy atom. The summed E-state index contributed by atoms with van der Waals surface area (Å²) in [6.07, 6.45) is 0.826. The van der Waals surface area contributed by atoms with Crippen LogP contribution in [0.4, 0.5) is 4.39 Å². The third-order valence-electron chi connectivity index (χ3n) is 5.92. The molecule has 7 heteroatoms. The first-order valence-electron chi connectivity index (χ1n) is 9.84. The van der Waals surface area contributed by atoms with Crippen molar-refractivity contribution >= 4 is 11.8 Å². The van der Waals surface area contributed by atoms with Crippen molar-refractivity contribution in [3.05, 3.63) is 59.4 Å². The van der Waals surface area contributed by atoms with Gasteiger partial charge in [0, 0.05) is 32.1 Å². The zero-order valence-corrected chi connectivity index (χ0v) is 15.8. The van der Waals surface area contributed by atoms with E-state index in [9.17, 15) is 14.0 Å². The summed E-state index contributed by atoms with van der Waals surface area (Å²) < 4.78 is 24.6. The van der Waals surface area contributed by atoms with Crippen LogP contribution in [0.1, 0.15) is 28.3 Å². The van der Waals surface area contributed by atoms with Gasteiger partial charge in [-0.2, -0.15) is 0 Å². The first-order valence-corrected chi connectivity index (χ1v) is 9.84. The Kier molecular flexibility index (Phi) is 4.38. The van der Waals surface area contributed by atoms with Gasteiger partial charge in [-0.15, -0.1) is 0 Å². The van der Waals surface area contributed by atoms with E-state index in [0.717, 1.165) is 23.5 Å². The molecular weight excluding hydrogens is 375 g/mol. The van der Waals surface area contributed by atoms with Crippen LogP contribution in [0, 0.1) is 11.7 Å². The monoisotopic (exact) mass is 396 g/mol. The molecule has 1 saturated carbocycles. The van der Waals surface area contributed by atoms with Gasteiger partial charge in [-0.25, -0.2) is 4.39 Å². The van der Waals surface area contributed by atoms with E-state index in [4.69, 9.17) is 9.47 Å². The molecule has 0 unspecified atom stereocenters. The van der Waals surface area contributed by atoms with Crippen LogP contribution < -0.4 is 9.47 Å². The Morgan fingerprint density at radius 2 is 1.66 bits per heavy atom. The Bertz CT molecular complexity index is 971. The minimum atomic E-state index is -0.513. The number of halogens is 1. The molecule has 150 valence electrons. The second kappa shape index (κ2) is 7.06. The number of piperazine rings is 1. The van der Waals surface area contributed by atoms with Crippen molar-refractivity contribution in [2.75, 3.05) is 33.0 Å². The van der Waals surface area contributed by atoms with Gasteiger partial charge in [-0.3, -0.25) is 9.59 Å². The van der Waals surface area contributed by atoms with Crippen molar-refractivity contribution in [1.29, 1.82) is 0 Å². The SMILES string of the molecule is O=C(c1ccccc1F)N1CCN(C(=O)[C@H]2C[C@H]2c2ccc3c(c2)OCO3)CC1. The molecule has 2 aliphatic heterocycles. The normalized spacial score (nSPS) is 22.5. The van der Waals surface area contributed by atoms with Crippen LogP contribution in [-0.2, 0) is 4.79 Å². The van der Waals surface area contributed by atoms with Gasteiger partial charge in [-0.1, -0.05) is 18.2 Å². The van der Waals surface area contributed by atoms with Crippen LogP contribution in [0.25, 0.3) is 0 Å². The van der Waals surface area contributed by atoms with E-state index in [1.807, 2.05) is 23.1 Å². The van der Waals surface area contributed by atoms with Crippen molar-refractivity contribution in [1.82, 2.24) is 9.80 Å². The Balaban J connectivity index is 1.18. The second-order valence-corrected chi connectivity index (χ2v) is 7.66. The maximum Gasteiger partial charge on any atom is 0.256 e. The lowest BCUT2D eigenvalue weighted by atomic mass is 10.1. The summed E-state index contributed by atoms with van der Waals surface area (Å²) in [4.78, 5) is 28.9. The van der Waals surface area contributed by atoms with Gasteiger partial charge in [0.2, 0.25) is 12.7 Å². The van der Waals surface area contributed by atoms with Crippen LogP contribution in [0.5, 0.6) is 11.5 Å². The summed E-state index contributed by atoms with van der Waals surface area (Å²) >= 11 is 0. The molecular formula is C22H21FN2O4. The zero-order chi connectivity index (χ0) is 20.0. The topological polar surface area (TPSA) is 59.1 Å². The lowest BCUT2D eigenvalue weighted by Gasteiger charge is -2.35. The predicted octanol–water partition coefficient (Wildman–Crippen LogP) is 2.64. The van der Waals surface area contributed by atoms with Crippen LogP contribution in [0.15, 0.2) is 42.5 Å². The van der Waals surface area contributed by atoms with Gasteiger partial charge in [0.25, 0.3) is 5.91 Å². The highest BCUT2D eigenvalue weighted by atomic mass is 19.1. The van der Waals surface area contributed by atoms with Crippen molar-refractivity contribution < 1.29 is 23.5 Å². The van der Waals surface area contributed by atoms with Crippen molar-refractivity contribution in [3.63, 3.8) is 0 Å². The summed E-state index contributed by atoms with van der Waals surface area (Å²) in [5.74, 6) is 0.958. The molecule has 6 nitrogen and oxygen atoms in total. The average Bonchev–Trinajstić information content (AvgIpc) is 3.42. The number of ether oxygens (including phenoxy) is 2. The number of carbonyl (C=O) groups excluding carboxylic acids is 2. The van der Waals surface area contributed by atoms with E-state index in [1.54, 1.807) is 17.0 Å². The summed E-state index contributed by atoms with van der Waals surface area (Å²) in [6, 6.07) is 11.9. The highest BCUT2D eigenvalue weighted by molar-refractivity contribution is 5.94. The smallest absolute Gasteiger partial charge is 0.256 e. The fourth-order valence-corrected chi connectivity index (χ4v) is 4.15. The van der Waals surface area contributed by atoms with Gasteiger partial charge in [0.15, 0.2) is 11.5 Å². The predicted molar refractivity (Wildman–Crippen MR) is 102 cm³/mol. The fraction of sp³-hybridized carbons (Fsp3) is 0.364. The highest BCUT2D eigenvalue weighted by Gasteiger charge is 2.46. The van der Waals surface area contributed by atoms with Gasteiger partial charge in [0.1, 0.15) is 5.82 Å². The number of amides is 2. The first kappa shape index (κ1) is 18.0. The molecule has 1 aliphatic carbocycles. The Hall–Kier alpha value is -3.09. The van der Waals surface area contributed by atoms with Crippen LogP contribution in [0.3, 0.4) is 0 Å². The van der Waals surface area contributed by atoms with Gasteiger partial charge < -0.3 is 19.3 Å². The summed E-state index contributed by atoms with van der Waals surface area (Å²) in [6.45, 7) is 2.02. The van der Waals surface area contributed by atoms with E-state index in [0.29, 0.717) is 26.2 Å². The van der Waals surface area contributed by atoms with E-state index in [-0.39, 0.29) is 36.0 Å². The fourth-order valence-electron chi connectivity index (χ4n) is 4.15. The molecule has 0 N–H and O–H groups in total. The number of carbonyl (C=O) groups is 2. The van der Waals surface area contributed by atoms with E-state index in [2.05, 4.69) is 0 Å². The Morgan fingerprint density at radius 3 is 2.45 bits per heavy atom. The molecule has 5 rings (SSSR count). The summed E-state index contributed by atoms with van der Waals surface area (Å²) in [7, 11) is 0. The lowest BCUT2D eigenvalue weighted by Crippen LogP contribution is -2.51. The van der Waals surface area contributed by atoms with Crippen LogP contribution in [-0.4, -0.2) is 54.6 Å². The van der Waals surface area contributed by atoms with E-state index >= 15 is 0 Å². The second-order valence-electron chi connectivity index (χ2n) is 7.66. The van der Waals surface area contributed by atoms with Crippen molar-refractivity contribution in [3.8, 4) is 11.5 Å². The van der Waals surface area contributed by atoms with E-state index < -0.39 is 5.82 Å². The molecule has 2 fully saturated rings. The minimum absolute atomic E-state index is 0.0239. The molecule has 0 radical (unpaired) electrons. The molecule has 2 atom stereocenters. The van der Waals surface area contributed by atoms with Crippen LogP contribution >= 0.6 is 0 Å². The molecule has 29 heavy (non-hydrogen) atoms. The van der Waals surface area contributed by atoms with Crippen LogP contribution in [0.2, 0.25) is 0 Å². The number of benzene rings is 2. The number of rotatable bonds is 3. The molecule has 0 spiro atoms. The molecule has 2 amide bonds. The third kappa shape index (κ3) is 3.30. The largest absolute Gasteiger partial charge is 0.454 e. The van der Waals surface area contributed by atoms with Gasteiger partial charge in [0.05, 0.1) is 5.56 Å². The van der Waals surface area contributed by atoms with Gasteiger partial charge >= 0.3 is 0 Å².